The maximum absolute atomic E-state index is 12.2. The van der Waals surface area contributed by atoms with Crippen molar-refractivity contribution in [2.45, 2.75) is 37.5 Å². The minimum Gasteiger partial charge on any atom is -0.465 e. The van der Waals surface area contributed by atoms with Gasteiger partial charge >= 0.3 is 6.09 Å². The number of carbonyl (C=O) groups excluding carboxylic acids is 2. The van der Waals surface area contributed by atoms with Gasteiger partial charge in [-0.1, -0.05) is 0 Å². The number of aliphatic hydroxyl groups excluding tert-OH is 1. The van der Waals surface area contributed by atoms with Crippen molar-refractivity contribution in [3.63, 3.8) is 0 Å². The monoisotopic (exact) mass is 256 g/mol. The predicted octanol–water partition coefficient (Wildman–Crippen LogP) is -0.710. The molecule has 7 nitrogen and oxygen atoms in total. The van der Waals surface area contributed by atoms with Crippen molar-refractivity contribution < 1.29 is 24.6 Å². The Hall–Kier alpha value is -1.63. The molecule has 2 aliphatic rings. The number of nitrogens with zero attached hydrogens (tertiary/aromatic N) is 2. The summed E-state index contributed by atoms with van der Waals surface area (Å²) in [7, 11) is 0. The molecule has 0 radical (unpaired) electrons. The van der Waals surface area contributed by atoms with Crippen LogP contribution in [0, 0.1) is 0 Å². The van der Waals surface area contributed by atoms with E-state index in [9.17, 15) is 19.5 Å². The molecule has 2 rings (SSSR count). The topological polar surface area (TPSA) is 98.2 Å². The summed E-state index contributed by atoms with van der Waals surface area (Å²) in [6, 6.07) is -0.889. The maximum atomic E-state index is 12.2. The van der Waals surface area contributed by atoms with Crippen LogP contribution >= 0.6 is 0 Å². The summed E-state index contributed by atoms with van der Waals surface area (Å²) in [6.07, 6.45) is -0.411. The summed E-state index contributed by atoms with van der Waals surface area (Å²) in [6.45, 7) is 1.96. The highest BCUT2D eigenvalue weighted by molar-refractivity contribution is 5.97. The molecule has 0 aromatic rings. The van der Waals surface area contributed by atoms with Crippen LogP contribution in [0.2, 0.25) is 0 Å². The van der Waals surface area contributed by atoms with E-state index in [1.807, 2.05) is 0 Å². The highest BCUT2D eigenvalue weighted by Crippen LogP contribution is 2.40. The largest absolute Gasteiger partial charge is 0.465 e. The Bertz CT molecular complexity index is 397. The molecule has 0 aromatic heterocycles. The molecule has 0 aliphatic carbocycles. The van der Waals surface area contributed by atoms with Crippen molar-refractivity contribution in [1.29, 1.82) is 0 Å². The van der Waals surface area contributed by atoms with Gasteiger partial charge in [0.05, 0.1) is 12.6 Å². The molecule has 1 spiro atoms. The lowest BCUT2D eigenvalue weighted by Crippen LogP contribution is -2.75. The summed E-state index contributed by atoms with van der Waals surface area (Å²) < 4.78 is 0. The third-order valence-corrected chi connectivity index (χ3v) is 3.80. The van der Waals surface area contributed by atoms with Gasteiger partial charge in [0.2, 0.25) is 0 Å². The number of hydrogen-bond acceptors (Lipinski definition) is 4. The minimum atomic E-state index is -1.11. The number of aldehydes is 1. The van der Waals surface area contributed by atoms with Crippen LogP contribution in [0.5, 0.6) is 0 Å². The van der Waals surface area contributed by atoms with E-state index in [4.69, 9.17) is 5.11 Å². The Labute approximate surface area is 104 Å². The minimum absolute atomic E-state index is 0.187. The van der Waals surface area contributed by atoms with E-state index < -0.39 is 23.8 Å². The van der Waals surface area contributed by atoms with Crippen molar-refractivity contribution in [3.8, 4) is 0 Å². The lowest BCUT2D eigenvalue weighted by molar-refractivity contribution is -0.168. The third-order valence-electron chi connectivity index (χ3n) is 3.80. The molecule has 2 saturated heterocycles. The van der Waals surface area contributed by atoms with Gasteiger partial charge in [0.25, 0.3) is 5.91 Å². The van der Waals surface area contributed by atoms with Gasteiger partial charge in [0.15, 0.2) is 0 Å². The van der Waals surface area contributed by atoms with Gasteiger partial charge in [-0.15, -0.1) is 0 Å². The second-order valence-corrected chi connectivity index (χ2v) is 4.87. The van der Waals surface area contributed by atoms with Crippen LogP contribution in [0.15, 0.2) is 0 Å². The lowest BCUT2D eigenvalue weighted by Gasteiger charge is -2.52. The van der Waals surface area contributed by atoms with E-state index in [0.29, 0.717) is 25.7 Å². The normalized spacial score (nSPS) is 30.2. The zero-order valence-electron chi connectivity index (χ0n) is 10.1. The van der Waals surface area contributed by atoms with Crippen molar-refractivity contribution in [1.82, 2.24) is 9.80 Å². The average Bonchev–Trinajstić information content (AvgIpc) is 2.75. The van der Waals surface area contributed by atoms with Gasteiger partial charge < -0.3 is 19.9 Å². The fourth-order valence-corrected chi connectivity index (χ4v) is 2.83. The molecule has 0 aromatic carbocycles. The van der Waals surface area contributed by atoms with Crippen molar-refractivity contribution in [2.75, 3.05) is 13.1 Å². The maximum Gasteiger partial charge on any atom is 0.408 e. The van der Waals surface area contributed by atoms with Crippen LogP contribution in [0.25, 0.3) is 0 Å². The third kappa shape index (κ3) is 1.58. The fraction of sp³-hybridized carbons (Fsp3) is 0.727. The van der Waals surface area contributed by atoms with Gasteiger partial charge in [-0.25, -0.2) is 4.79 Å². The first-order valence-electron chi connectivity index (χ1n) is 5.89. The van der Waals surface area contributed by atoms with E-state index in [1.54, 1.807) is 0 Å². The molecule has 3 unspecified atom stereocenters. The van der Waals surface area contributed by atoms with Crippen LogP contribution in [-0.2, 0) is 9.59 Å². The number of likely N-dealkylation sites (tertiary alicyclic amines) is 2. The number of β-lactam (4-membered cyclic amide) rings is 1. The van der Waals surface area contributed by atoms with E-state index >= 15 is 0 Å². The summed E-state index contributed by atoms with van der Waals surface area (Å²) in [5.41, 5.74) is -0.998. The van der Waals surface area contributed by atoms with Crippen molar-refractivity contribution in [3.05, 3.63) is 0 Å². The van der Waals surface area contributed by atoms with Gasteiger partial charge in [-0.2, -0.15) is 0 Å². The van der Waals surface area contributed by atoms with E-state index in [0.717, 1.165) is 4.90 Å². The molecule has 2 fully saturated rings. The molecular weight excluding hydrogens is 240 g/mol. The lowest BCUT2D eigenvalue weighted by atomic mass is 9.84. The molecule has 2 aliphatic heterocycles. The van der Waals surface area contributed by atoms with Crippen molar-refractivity contribution in [2.24, 2.45) is 0 Å². The molecule has 0 saturated carbocycles. The number of hydrogen-bond donors (Lipinski definition) is 2. The van der Waals surface area contributed by atoms with Gasteiger partial charge in [0.1, 0.15) is 17.9 Å². The Balaban J connectivity index is 2.16. The zero-order valence-corrected chi connectivity index (χ0v) is 10.1. The highest BCUT2D eigenvalue weighted by atomic mass is 16.4. The highest BCUT2D eigenvalue weighted by Gasteiger charge is 2.61. The van der Waals surface area contributed by atoms with Crippen LogP contribution in [0.4, 0.5) is 4.79 Å². The standard InChI is InChI=1S/C11H16N2O5/c1-7(15)8(5-14)12-6-11(9(12)16)3-2-4-13(11)10(17)18/h5,7-8,15H,2-4,6H2,1H3,(H,17,18). The Morgan fingerprint density at radius 2 is 2.22 bits per heavy atom. The molecule has 2 amide bonds. The number of carbonyl (C=O) groups is 3. The van der Waals surface area contributed by atoms with Crippen molar-refractivity contribution >= 4 is 18.3 Å². The van der Waals surface area contributed by atoms with E-state index in [-0.39, 0.29) is 12.5 Å². The molecule has 7 heteroatoms. The Kier molecular flexibility index (Phi) is 3.02. The van der Waals surface area contributed by atoms with E-state index in [1.165, 1.54) is 11.8 Å². The second-order valence-electron chi connectivity index (χ2n) is 4.87. The number of rotatable bonds is 3. The molecule has 3 atom stereocenters. The number of aliphatic hydroxyl groups is 1. The first-order valence-corrected chi connectivity index (χ1v) is 5.89. The predicted molar refractivity (Wildman–Crippen MR) is 59.9 cm³/mol. The fourth-order valence-electron chi connectivity index (χ4n) is 2.83. The summed E-state index contributed by atoms with van der Waals surface area (Å²) in [5.74, 6) is -0.375. The molecule has 18 heavy (non-hydrogen) atoms. The molecular formula is C11H16N2O5. The van der Waals surface area contributed by atoms with Crippen LogP contribution in [0.1, 0.15) is 19.8 Å². The first kappa shape index (κ1) is 12.8. The first-order chi connectivity index (χ1) is 8.44. The van der Waals surface area contributed by atoms with Crippen LogP contribution in [0.3, 0.4) is 0 Å². The van der Waals surface area contributed by atoms with Crippen LogP contribution < -0.4 is 0 Å². The summed E-state index contributed by atoms with van der Waals surface area (Å²) in [5, 5.41) is 18.5. The number of carboxylic acid groups (broad SMARTS) is 1. The Morgan fingerprint density at radius 1 is 1.56 bits per heavy atom. The molecule has 2 heterocycles. The van der Waals surface area contributed by atoms with E-state index in [2.05, 4.69) is 0 Å². The Morgan fingerprint density at radius 3 is 2.67 bits per heavy atom. The molecule has 100 valence electrons. The summed E-state index contributed by atoms with van der Waals surface area (Å²) >= 11 is 0. The van der Waals surface area contributed by atoms with Crippen LogP contribution in [-0.4, -0.2) is 69.1 Å². The smallest absolute Gasteiger partial charge is 0.408 e. The van der Waals surface area contributed by atoms with Gasteiger partial charge in [-0.3, -0.25) is 9.69 Å². The second kappa shape index (κ2) is 4.24. The van der Waals surface area contributed by atoms with Gasteiger partial charge in [0, 0.05) is 6.54 Å². The average molecular weight is 256 g/mol. The summed E-state index contributed by atoms with van der Waals surface area (Å²) in [4.78, 5) is 36.5. The van der Waals surface area contributed by atoms with Gasteiger partial charge in [-0.05, 0) is 19.8 Å². The SMILES string of the molecule is CC(O)C(C=O)N1CC2(CCCN2C(=O)O)C1=O. The number of amides is 2. The molecule has 2 N–H and O–H groups in total. The quantitative estimate of drug-likeness (QED) is 0.513. The molecule has 0 bridgehead atoms. The zero-order chi connectivity index (χ0) is 13.5.